The lowest BCUT2D eigenvalue weighted by molar-refractivity contribution is 0.0750. The lowest BCUT2D eigenvalue weighted by Crippen LogP contribution is -2.32. The monoisotopic (exact) mass is 360 g/mol. The van der Waals surface area contributed by atoms with Crippen LogP contribution in [0.15, 0.2) is 29.6 Å². The highest BCUT2D eigenvalue weighted by Gasteiger charge is 2.18. The summed E-state index contributed by atoms with van der Waals surface area (Å²) in [6.07, 6.45) is 1.81. The van der Waals surface area contributed by atoms with Gasteiger partial charge in [0.15, 0.2) is 5.13 Å². The molecule has 134 valence electrons. The molecule has 1 aromatic carbocycles. The summed E-state index contributed by atoms with van der Waals surface area (Å²) < 4.78 is 0. The van der Waals surface area contributed by atoms with E-state index in [9.17, 15) is 9.59 Å². The maximum Gasteiger partial charge on any atom is 0.325 e. The van der Waals surface area contributed by atoms with Gasteiger partial charge in [-0.1, -0.05) is 26.0 Å². The van der Waals surface area contributed by atoms with Gasteiger partial charge in [0.25, 0.3) is 5.91 Å². The Bertz CT molecular complexity index is 723. The van der Waals surface area contributed by atoms with Gasteiger partial charge in [-0.05, 0) is 37.5 Å². The Morgan fingerprint density at radius 3 is 2.52 bits per heavy atom. The van der Waals surface area contributed by atoms with E-state index >= 15 is 0 Å². The molecule has 0 aliphatic heterocycles. The molecule has 2 N–H and O–H groups in total. The van der Waals surface area contributed by atoms with Crippen LogP contribution >= 0.6 is 11.3 Å². The normalized spacial score (nSPS) is 10.4. The van der Waals surface area contributed by atoms with Crippen LogP contribution in [0, 0.1) is 6.92 Å². The maximum absolute atomic E-state index is 12.5. The first-order chi connectivity index (χ1) is 12.0. The fraction of sp³-hybridized carbons (Fsp3) is 0.389. The van der Waals surface area contributed by atoms with E-state index in [2.05, 4.69) is 15.6 Å². The quantitative estimate of drug-likeness (QED) is 0.770. The van der Waals surface area contributed by atoms with Crippen molar-refractivity contribution in [3.8, 4) is 0 Å². The molecule has 0 fully saturated rings. The molecule has 0 atom stereocenters. The third-order valence-corrected chi connectivity index (χ3v) is 4.25. The third-order valence-electron chi connectivity index (χ3n) is 3.49. The molecule has 0 radical (unpaired) electrons. The van der Waals surface area contributed by atoms with Gasteiger partial charge in [-0.25, -0.2) is 9.78 Å². The first kappa shape index (κ1) is 18.9. The van der Waals surface area contributed by atoms with Gasteiger partial charge in [0.1, 0.15) is 5.69 Å². The molecule has 2 rings (SSSR count). The van der Waals surface area contributed by atoms with Gasteiger partial charge >= 0.3 is 6.03 Å². The predicted molar refractivity (Wildman–Crippen MR) is 102 cm³/mol. The van der Waals surface area contributed by atoms with Crippen LogP contribution in [-0.4, -0.2) is 34.9 Å². The number of anilines is 2. The average Bonchev–Trinajstić information content (AvgIpc) is 3.02. The number of hydrogen-bond acceptors (Lipinski definition) is 4. The smallest absolute Gasteiger partial charge is 0.325 e. The van der Waals surface area contributed by atoms with Crippen LogP contribution in [0.4, 0.5) is 15.6 Å². The molecule has 0 saturated carbocycles. The Morgan fingerprint density at radius 2 is 1.88 bits per heavy atom. The summed E-state index contributed by atoms with van der Waals surface area (Å²) in [4.78, 5) is 30.6. The Kier molecular flexibility index (Phi) is 6.94. The van der Waals surface area contributed by atoms with E-state index in [-0.39, 0.29) is 11.9 Å². The van der Waals surface area contributed by atoms with Gasteiger partial charge in [0.2, 0.25) is 0 Å². The number of amides is 3. The van der Waals surface area contributed by atoms with Crippen LogP contribution in [0.2, 0.25) is 0 Å². The number of nitrogens with one attached hydrogen (secondary N) is 2. The number of benzene rings is 1. The van der Waals surface area contributed by atoms with Crippen molar-refractivity contribution in [3.05, 3.63) is 40.9 Å². The molecule has 0 aliphatic carbocycles. The van der Waals surface area contributed by atoms with Crippen LogP contribution in [0.1, 0.15) is 42.7 Å². The van der Waals surface area contributed by atoms with E-state index in [0.717, 1.165) is 18.4 Å². The van der Waals surface area contributed by atoms with Gasteiger partial charge < -0.3 is 10.2 Å². The molecule has 0 bridgehead atoms. The summed E-state index contributed by atoms with van der Waals surface area (Å²) in [6.45, 7) is 7.46. The zero-order valence-electron chi connectivity index (χ0n) is 14.8. The maximum atomic E-state index is 12.5. The van der Waals surface area contributed by atoms with Crippen molar-refractivity contribution in [2.75, 3.05) is 23.7 Å². The molecule has 25 heavy (non-hydrogen) atoms. The first-order valence-corrected chi connectivity index (χ1v) is 9.31. The highest BCUT2D eigenvalue weighted by Crippen LogP contribution is 2.18. The number of rotatable bonds is 7. The number of carbonyl (C=O) groups excluding carboxylic acids is 2. The molecular weight excluding hydrogens is 336 g/mol. The third kappa shape index (κ3) is 5.56. The Hall–Kier alpha value is -2.41. The molecule has 1 aromatic heterocycles. The Labute approximate surface area is 152 Å². The SMILES string of the molecule is CCCN(CCC)C(=O)c1csc(NC(=O)Nc2cccc(C)c2)n1. The van der Waals surface area contributed by atoms with Crippen molar-refractivity contribution < 1.29 is 9.59 Å². The highest BCUT2D eigenvalue weighted by molar-refractivity contribution is 7.14. The minimum Gasteiger partial charge on any atom is -0.337 e. The molecule has 6 nitrogen and oxygen atoms in total. The minimum absolute atomic E-state index is 0.0907. The molecule has 2 aromatic rings. The van der Waals surface area contributed by atoms with Crippen molar-refractivity contribution in [3.63, 3.8) is 0 Å². The van der Waals surface area contributed by atoms with Crippen molar-refractivity contribution in [2.45, 2.75) is 33.6 Å². The van der Waals surface area contributed by atoms with Crippen molar-refractivity contribution in [1.82, 2.24) is 9.88 Å². The number of thiazole rings is 1. The summed E-state index contributed by atoms with van der Waals surface area (Å²) in [6, 6.07) is 7.15. The molecule has 3 amide bonds. The number of urea groups is 1. The standard InChI is InChI=1S/C18H24N4O2S/c1-4-9-22(10-5-2)16(23)15-12-25-18(20-15)21-17(24)19-14-8-6-7-13(3)11-14/h6-8,11-12H,4-5,9-10H2,1-3H3,(H2,19,20,21,24). The zero-order valence-corrected chi connectivity index (χ0v) is 15.7. The number of hydrogen-bond donors (Lipinski definition) is 2. The van der Waals surface area contributed by atoms with Crippen LogP contribution in [0.3, 0.4) is 0 Å². The second kappa shape index (κ2) is 9.17. The summed E-state index contributed by atoms with van der Waals surface area (Å²) in [5.74, 6) is -0.0907. The van der Waals surface area contributed by atoms with Gasteiger partial charge in [-0.3, -0.25) is 10.1 Å². The summed E-state index contributed by atoms with van der Waals surface area (Å²) in [7, 11) is 0. The van der Waals surface area contributed by atoms with Crippen LogP contribution in [0.25, 0.3) is 0 Å². The van der Waals surface area contributed by atoms with Crippen molar-refractivity contribution in [2.24, 2.45) is 0 Å². The molecule has 0 spiro atoms. The summed E-state index contributed by atoms with van der Waals surface area (Å²) >= 11 is 1.24. The summed E-state index contributed by atoms with van der Waals surface area (Å²) in [5.41, 5.74) is 2.15. The Morgan fingerprint density at radius 1 is 1.16 bits per heavy atom. The van der Waals surface area contributed by atoms with Gasteiger partial charge in [0, 0.05) is 24.2 Å². The van der Waals surface area contributed by atoms with Crippen molar-refractivity contribution in [1.29, 1.82) is 0 Å². The number of aryl methyl sites for hydroxylation is 1. The molecule has 0 unspecified atom stereocenters. The zero-order chi connectivity index (χ0) is 18.2. The second-order valence-electron chi connectivity index (χ2n) is 5.78. The van der Waals surface area contributed by atoms with E-state index in [1.807, 2.05) is 45.0 Å². The number of aromatic nitrogens is 1. The summed E-state index contributed by atoms with van der Waals surface area (Å²) in [5, 5.41) is 7.52. The lowest BCUT2D eigenvalue weighted by atomic mass is 10.2. The van der Waals surface area contributed by atoms with Crippen LogP contribution in [0.5, 0.6) is 0 Å². The molecule has 0 aliphatic rings. The van der Waals surface area contributed by atoms with E-state index in [4.69, 9.17) is 0 Å². The minimum atomic E-state index is -0.377. The second-order valence-corrected chi connectivity index (χ2v) is 6.64. The van der Waals surface area contributed by atoms with E-state index in [0.29, 0.717) is 29.6 Å². The van der Waals surface area contributed by atoms with E-state index < -0.39 is 0 Å². The lowest BCUT2D eigenvalue weighted by Gasteiger charge is -2.20. The van der Waals surface area contributed by atoms with Gasteiger partial charge in [-0.15, -0.1) is 11.3 Å². The molecule has 0 saturated heterocycles. The van der Waals surface area contributed by atoms with E-state index in [1.54, 1.807) is 10.3 Å². The average molecular weight is 360 g/mol. The first-order valence-electron chi connectivity index (χ1n) is 8.43. The van der Waals surface area contributed by atoms with Crippen LogP contribution in [-0.2, 0) is 0 Å². The fourth-order valence-corrected chi connectivity index (χ4v) is 3.11. The van der Waals surface area contributed by atoms with Gasteiger partial charge in [0.05, 0.1) is 0 Å². The predicted octanol–water partition coefficient (Wildman–Crippen LogP) is 4.36. The van der Waals surface area contributed by atoms with Gasteiger partial charge in [-0.2, -0.15) is 0 Å². The highest BCUT2D eigenvalue weighted by atomic mass is 32.1. The number of nitrogens with zero attached hydrogens (tertiary/aromatic N) is 2. The fourth-order valence-electron chi connectivity index (χ4n) is 2.43. The molecule has 1 heterocycles. The van der Waals surface area contributed by atoms with E-state index in [1.165, 1.54) is 11.3 Å². The number of carbonyl (C=O) groups is 2. The van der Waals surface area contributed by atoms with Crippen molar-refractivity contribution >= 4 is 34.1 Å². The topological polar surface area (TPSA) is 74.3 Å². The Balaban J connectivity index is 1.98. The van der Waals surface area contributed by atoms with Crippen LogP contribution < -0.4 is 10.6 Å². The molecular formula is C18H24N4O2S. The largest absolute Gasteiger partial charge is 0.337 e. The molecule has 7 heteroatoms.